The molecule has 0 aromatic heterocycles. The Balaban J connectivity index is 1.39. The summed E-state index contributed by atoms with van der Waals surface area (Å²) in [6.45, 7) is 4.74. The predicted molar refractivity (Wildman–Crippen MR) is 111 cm³/mol. The van der Waals surface area contributed by atoms with Crippen LogP contribution in [0.1, 0.15) is 39.1 Å². The van der Waals surface area contributed by atoms with Crippen molar-refractivity contribution in [3.63, 3.8) is 0 Å². The van der Waals surface area contributed by atoms with E-state index < -0.39 is 0 Å². The number of rotatable bonds is 3. The number of anilines is 1. The summed E-state index contributed by atoms with van der Waals surface area (Å²) < 4.78 is 0. The van der Waals surface area contributed by atoms with Gasteiger partial charge in [-0.3, -0.25) is 14.4 Å². The van der Waals surface area contributed by atoms with E-state index >= 15 is 0 Å². The zero-order chi connectivity index (χ0) is 20.4. The predicted octanol–water partition coefficient (Wildman–Crippen LogP) is 2.72. The normalized spacial score (nSPS) is 17.0. The van der Waals surface area contributed by atoms with Gasteiger partial charge in [0.15, 0.2) is 0 Å². The highest BCUT2D eigenvalue weighted by Crippen LogP contribution is 2.23. The molecule has 0 aliphatic carbocycles. The Morgan fingerprint density at radius 3 is 2.00 bits per heavy atom. The van der Waals surface area contributed by atoms with Crippen LogP contribution in [-0.2, 0) is 4.79 Å². The van der Waals surface area contributed by atoms with Gasteiger partial charge >= 0.3 is 0 Å². The lowest BCUT2D eigenvalue weighted by Gasteiger charge is -2.35. The van der Waals surface area contributed by atoms with Crippen LogP contribution < -0.4 is 4.90 Å². The minimum atomic E-state index is -0.0547. The SMILES string of the molecule is Cc1ccc(C(=O)N2CCN(C(=O)c3cccc(N4CCCC4=O)c3)CC2)cc1. The van der Waals surface area contributed by atoms with Gasteiger partial charge < -0.3 is 14.7 Å². The van der Waals surface area contributed by atoms with E-state index in [9.17, 15) is 14.4 Å². The van der Waals surface area contributed by atoms with Crippen LogP contribution in [0.4, 0.5) is 5.69 Å². The number of hydrogen-bond donors (Lipinski definition) is 0. The highest BCUT2D eigenvalue weighted by molar-refractivity contribution is 5.99. The zero-order valence-corrected chi connectivity index (χ0v) is 16.6. The van der Waals surface area contributed by atoms with Crippen molar-refractivity contribution in [2.75, 3.05) is 37.6 Å². The molecular formula is C23H25N3O3. The Morgan fingerprint density at radius 2 is 1.41 bits per heavy atom. The molecule has 0 radical (unpaired) electrons. The second-order valence-electron chi connectivity index (χ2n) is 7.65. The molecule has 0 N–H and O–H groups in total. The fourth-order valence-corrected chi connectivity index (χ4v) is 3.90. The number of piperazine rings is 1. The van der Waals surface area contributed by atoms with E-state index in [2.05, 4.69) is 0 Å². The van der Waals surface area contributed by atoms with Gasteiger partial charge in [0, 0.05) is 56.0 Å². The Bertz CT molecular complexity index is 931. The highest BCUT2D eigenvalue weighted by Gasteiger charge is 2.27. The summed E-state index contributed by atoms with van der Waals surface area (Å²) in [5.74, 6) is 0.0606. The van der Waals surface area contributed by atoms with Crippen LogP contribution in [0.25, 0.3) is 0 Å². The highest BCUT2D eigenvalue weighted by atomic mass is 16.2. The molecule has 2 aromatic carbocycles. The van der Waals surface area contributed by atoms with Gasteiger partial charge in [-0.25, -0.2) is 0 Å². The molecule has 2 heterocycles. The lowest BCUT2D eigenvalue weighted by Crippen LogP contribution is -2.50. The van der Waals surface area contributed by atoms with Crippen molar-refractivity contribution >= 4 is 23.4 Å². The third-order valence-electron chi connectivity index (χ3n) is 5.63. The van der Waals surface area contributed by atoms with Crippen LogP contribution >= 0.6 is 0 Å². The largest absolute Gasteiger partial charge is 0.335 e. The Hall–Kier alpha value is -3.15. The van der Waals surface area contributed by atoms with Crippen LogP contribution in [0.2, 0.25) is 0 Å². The molecule has 6 heteroatoms. The average molecular weight is 391 g/mol. The molecule has 2 aliphatic rings. The number of benzene rings is 2. The van der Waals surface area contributed by atoms with E-state index in [1.54, 1.807) is 26.8 Å². The summed E-state index contributed by atoms with van der Waals surface area (Å²) in [7, 11) is 0. The molecule has 150 valence electrons. The molecule has 0 bridgehead atoms. The Morgan fingerprint density at radius 1 is 0.793 bits per heavy atom. The third-order valence-corrected chi connectivity index (χ3v) is 5.63. The topological polar surface area (TPSA) is 60.9 Å². The van der Waals surface area contributed by atoms with Crippen LogP contribution in [0.5, 0.6) is 0 Å². The van der Waals surface area contributed by atoms with Crippen molar-refractivity contribution in [2.45, 2.75) is 19.8 Å². The number of amides is 3. The fraction of sp³-hybridized carbons (Fsp3) is 0.348. The molecule has 2 aromatic rings. The lowest BCUT2D eigenvalue weighted by atomic mass is 10.1. The first kappa shape index (κ1) is 19.2. The van der Waals surface area contributed by atoms with Crippen LogP contribution in [-0.4, -0.2) is 60.2 Å². The third kappa shape index (κ3) is 4.01. The fourth-order valence-electron chi connectivity index (χ4n) is 3.90. The van der Waals surface area contributed by atoms with E-state index in [0.29, 0.717) is 50.3 Å². The van der Waals surface area contributed by atoms with Gasteiger partial charge in [0.25, 0.3) is 11.8 Å². The van der Waals surface area contributed by atoms with E-state index in [1.165, 1.54) is 0 Å². The second-order valence-corrected chi connectivity index (χ2v) is 7.65. The summed E-state index contributed by atoms with van der Waals surface area (Å²) in [5, 5.41) is 0. The summed E-state index contributed by atoms with van der Waals surface area (Å²) in [6, 6.07) is 14.9. The van der Waals surface area contributed by atoms with Crippen molar-refractivity contribution in [1.29, 1.82) is 0 Å². The molecule has 6 nitrogen and oxygen atoms in total. The minimum Gasteiger partial charge on any atom is -0.335 e. The summed E-state index contributed by atoms with van der Waals surface area (Å²) in [4.78, 5) is 42.9. The first-order chi connectivity index (χ1) is 14.0. The number of nitrogens with zero attached hydrogens (tertiary/aromatic N) is 3. The van der Waals surface area contributed by atoms with Gasteiger partial charge in [-0.2, -0.15) is 0 Å². The first-order valence-electron chi connectivity index (χ1n) is 10.1. The summed E-state index contributed by atoms with van der Waals surface area (Å²) in [5.41, 5.74) is 3.17. The molecule has 2 aliphatic heterocycles. The maximum atomic E-state index is 13.0. The molecule has 4 rings (SSSR count). The van der Waals surface area contributed by atoms with E-state index in [4.69, 9.17) is 0 Å². The number of carbonyl (C=O) groups is 3. The molecule has 0 atom stereocenters. The second kappa shape index (κ2) is 8.07. The summed E-state index contributed by atoms with van der Waals surface area (Å²) in [6.07, 6.45) is 1.42. The molecule has 3 amide bonds. The maximum Gasteiger partial charge on any atom is 0.254 e. The Labute approximate surface area is 170 Å². The van der Waals surface area contributed by atoms with E-state index in [1.807, 2.05) is 43.3 Å². The maximum absolute atomic E-state index is 13.0. The standard InChI is InChI=1S/C23H25N3O3/c1-17-7-9-18(10-8-17)22(28)24-12-14-25(15-13-24)23(29)19-4-2-5-20(16-19)26-11-3-6-21(26)27/h2,4-5,7-10,16H,3,6,11-15H2,1H3. The van der Waals surface area contributed by atoms with Gasteiger partial charge in [0.1, 0.15) is 0 Å². The van der Waals surface area contributed by atoms with Crippen molar-refractivity contribution in [2.24, 2.45) is 0 Å². The monoisotopic (exact) mass is 391 g/mol. The van der Waals surface area contributed by atoms with Gasteiger partial charge in [-0.1, -0.05) is 23.8 Å². The average Bonchev–Trinajstić information content (AvgIpc) is 3.19. The van der Waals surface area contributed by atoms with Crippen LogP contribution in [0.3, 0.4) is 0 Å². The lowest BCUT2D eigenvalue weighted by molar-refractivity contribution is -0.117. The molecule has 0 spiro atoms. The van der Waals surface area contributed by atoms with E-state index in [0.717, 1.165) is 17.7 Å². The summed E-state index contributed by atoms with van der Waals surface area (Å²) >= 11 is 0. The quantitative estimate of drug-likeness (QED) is 0.808. The van der Waals surface area contributed by atoms with E-state index in [-0.39, 0.29) is 17.7 Å². The molecule has 2 fully saturated rings. The molecular weight excluding hydrogens is 366 g/mol. The Kier molecular flexibility index (Phi) is 5.34. The number of carbonyl (C=O) groups excluding carboxylic acids is 3. The van der Waals surface area contributed by atoms with Gasteiger partial charge in [0.05, 0.1) is 0 Å². The van der Waals surface area contributed by atoms with Crippen LogP contribution in [0, 0.1) is 6.92 Å². The van der Waals surface area contributed by atoms with Gasteiger partial charge in [0.2, 0.25) is 5.91 Å². The first-order valence-corrected chi connectivity index (χ1v) is 10.1. The molecule has 29 heavy (non-hydrogen) atoms. The number of aryl methyl sites for hydroxylation is 1. The number of hydrogen-bond acceptors (Lipinski definition) is 3. The van der Waals surface area contributed by atoms with Gasteiger partial charge in [-0.15, -0.1) is 0 Å². The van der Waals surface area contributed by atoms with Crippen LogP contribution in [0.15, 0.2) is 48.5 Å². The smallest absolute Gasteiger partial charge is 0.254 e. The van der Waals surface area contributed by atoms with Crippen molar-refractivity contribution in [1.82, 2.24) is 9.80 Å². The van der Waals surface area contributed by atoms with Gasteiger partial charge in [-0.05, 0) is 43.7 Å². The molecule has 0 unspecified atom stereocenters. The zero-order valence-electron chi connectivity index (χ0n) is 16.6. The van der Waals surface area contributed by atoms with Crippen molar-refractivity contribution in [3.8, 4) is 0 Å². The molecule has 2 saturated heterocycles. The molecule has 0 saturated carbocycles. The minimum absolute atomic E-state index is 0.00615. The van der Waals surface area contributed by atoms with Crippen molar-refractivity contribution < 1.29 is 14.4 Å². The van der Waals surface area contributed by atoms with Crippen molar-refractivity contribution in [3.05, 3.63) is 65.2 Å².